The Labute approximate surface area is 70.9 Å². The molecule has 2 fully saturated rings. The minimum absolute atomic E-state index is 0.123. The maximum absolute atomic E-state index is 11.3. The lowest BCUT2D eigenvalue weighted by molar-refractivity contribution is -0.150. The van der Waals surface area contributed by atoms with Crippen LogP contribution in [0.2, 0.25) is 0 Å². The van der Waals surface area contributed by atoms with Crippen molar-refractivity contribution in [1.82, 2.24) is 10.2 Å². The normalized spacial score (nSPS) is 34.9. The van der Waals surface area contributed by atoms with E-state index in [-0.39, 0.29) is 18.0 Å². The van der Waals surface area contributed by atoms with Crippen LogP contribution in [-0.4, -0.2) is 35.3 Å². The molecule has 2 saturated heterocycles. The molecule has 4 heteroatoms. The van der Waals surface area contributed by atoms with E-state index in [9.17, 15) is 9.59 Å². The Kier molecular flexibility index (Phi) is 1.56. The zero-order valence-corrected chi connectivity index (χ0v) is 7.04. The van der Waals surface area contributed by atoms with Crippen molar-refractivity contribution in [3.8, 4) is 0 Å². The van der Waals surface area contributed by atoms with Crippen LogP contribution in [0, 0.1) is 0 Å². The lowest BCUT2D eigenvalue weighted by atomic mass is 10.1. The highest BCUT2D eigenvalue weighted by Gasteiger charge is 2.40. The second-order valence-electron chi connectivity index (χ2n) is 3.47. The van der Waals surface area contributed by atoms with Crippen molar-refractivity contribution in [3.63, 3.8) is 0 Å². The second-order valence-corrected chi connectivity index (χ2v) is 3.47. The van der Waals surface area contributed by atoms with Crippen LogP contribution in [0.25, 0.3) is 0 Å². The summed E-state index contributed by atoms with van der Waals surface area (Å²) in [5.74, 6) is -0.795. The van der Waals surface area contributed by atoms with Crippen LogP contribution in [0.3, 0.4) is 0 Å². The number of carbonyl (C=O) groups excluding carboxylic acids is 2. The first-order valence-corrected chi connectivity index (χ1v) is 4.31. The molecule has 0 bridgehead atoms. The number of piperazine rings is 1. The molecule has 2 amide bonds. The van der Waals surface area contributed by atoms with Gasteiger partial charge in [-0.15, -0.1) is 0 Å². The van der Waals surface area contributed by atoms with Crippen molar-refractivity contribution in [2.75, 3.05) is 6.54 Å². The Bertz CT molecular complexity index is 239. The zero-order valence-electron chi connectivity index (χ0n) is 7.04. The fraction of sp³-hybridized carbons (Fsp3) is 0.750. The number of rotatable bonds is 0. The summed E-state index contributed by atoms with van der Waals surface area (Å²) in [4.78, 5) is 24.0. The highest BCUT2D eigenvalue weighted by atomic mass is 16.2. The second kappa shape index (κ2) is 2.47. The Hall–Kier alpha value is -1.06. The SMILES string of the molecule is C[C@H]1NC(=O)C(=O)N2CCC[C@H]12. The van der Waals surface area contributed by atoms with E-state index in [2.05, 4.69) is 5.32 Å². The molecule has 0 radical (unpaired) electrons. The van der Waals surface area contributed by atoms with Crippen molar-refractivity contribution >= 4 is 11.8 Å². The molecule has 66 valence electrons. The van der Waals surface area contributed by atoms with E-state index in [1.54, 1.807) is 4.90 Å². The first kappa shape index (κ1) is 7.58. The van der Waals surface area contributed by atoms with Crippen LogP contribution >= 0.6 is 0 Å². The Morgan fingerprint density at radius 1 is 1.50 bits per heavy atom. The van der Waals surface area contributed by atoms with E-state index in [0.717, 1.165) is 19.4 Å². The van der Waals surface area contributed by atoms with Crippen LogP contribution in [0.4, 0.5) is 0 Å². The topological polar surface area (TPSA) is 49.4 Å². The number of fused-ring (bicyclic) bond motifs is 1. The molecular formula is C8H12N2O2. The molecule has 0 aliphatic carbocycles. The van der Waals surface area contributed by atoms with E-state index in [1.807, 2.05) is 6.92 Å². The Morgan fingerprint density at radius 3 is 3.00 bits per heavy atom. The number of hydrogen-bond acceptors (Lipinski definition) is 2. The number of carbonyl (C=O) groups is 2. The van der Waals surface area contributed by atoms with Crippen LogP contribution in [0.5, 0.6) is 0 Å². The van der Waals surface area contributed by atoms with E-state index in [1.165, 1.54) is 0 Å². The monoisotopic (exact) mass is 168 g/mol. The Balaban J connectivity index is 2.23. The van der Waals surface area contributed by atoms with Gasteiger partial charge in [-0.3, -0.25) is 9.59 Å². The third kappa shape index (κ3) is 0.906. The van der Waals surface area contributed by atoms with E-state index < -0.39 is 5.91 Å². The summed E-state index contributed by atoms with van der Waals surface area (Å²) in [6, 6.07) is 0.368. The van der Waals surface area contributed by atoms with Crippen molar-refractivity contribution in [3.05, 3.63) is 0 Å². The van der Waals surface area contributed by atoms with Gasteiger partial charge in [0.2, 0.25) is 0 Å². The van der Waals surface area contributed by atoms with Gasteiger partial charge in [0.25, 0.3) is 0 Å². The van der Waals surface area contributed by atoms with E-state index in [0.29, 0.717) is 0 Å². The molecule has 0 saturated carbocycles. The third-order valence-corrected chi connectivity index (χ3v) is 2.69. The van der Waals surface area contributed by atoms with Crippen LogP contribution in [-0.2, 0) is 9.59 Å². The van der Waals surface area contributed by atoms with Gasteiger partial charge in [0.15, 0.2) is 0 Å². The fourth-order valence-electron chi connectivity index (χ4n) is 2.06. The summed E-state index contributed by atoms with van der Waals surface area (Å²) in [5.41, 5.74) is 0. The number of nitrogens with one attached hydrogen (secondary N) is 1. The summed E-state index contributed by atoms with van der Waals surface area (Å²) in [7, 11) is 0. The molecule has 2 atom stereocenters. The molecule has 0 aromatic heterocycles. The van der Waals surface area contributed by atoms with Gasteiger partial charge in [-0.1, -0.05) is 0 Å². The van der Waals surface area contributed by atoms with Gasteiger partial charge in [0, 0.05) is 12.6 Å². The summed E-state index contributed by atoms with van der Waals surface area (Å²) in [6.45, 7) is 2.70. The highest BCUT2D eigenvalue weighted by molar-refractivity contribution is 6.35. The quantitative estimate of drug-likeness (QED) is 0.495. The van der Waals surface area contributed by atoms with Crippen LogP contribution in [0.1, 0.15) is 19.8 Å². The lowest BCUT2D eigenvalue weighted by Crippen LogP contribution is -2.60. The minimum Gasteiger partial charge on any atom is -0.343 e. The fourth-order valence-corrected chi connectivity index (χ4v) is 2.06. The molecule has 1 N–H and O–H groups in total. The smallest absolute Gasteiger partial charge is 0.312 e. The summed E-state index contributed by atoms with van der Waals surface area (Å²) in [6.07, 6.45) is 2.04. The van der Waals surface area contributed by atoms with Gasteiger partial charge >= 0.3 is 11.8 Å². The molecule has 2 aliphatic heterocycles. The van der Waals surface area contributed by atoms with Crippen molar-refractivity contribution in [1.29, 1.82) is 0 Å². The Morgan fingerprint density at radius 2 is 2.25 bits per heavy atom. The molecule has 0 aromatic carbocycles. The zero-order chi connectivity index (χ0) is 8.72. The summed E-state index contributed by atoms with van der Waals surface area (Å²) in [5, 5.41) is 2.67. The van der Waals surface area contributed by atoms with E-state index >= 15 is 0 Å². The molecule has 4 nitrogen and oxygen atoms in total. The predicted molar refractivity (Wildman–Crippen MR) is 42.3 cm³/mol. The summed E-state index contributed by atoms with van der Waals surface area (Å²) < 4.78 is 0. The third-order valence-electron chi connectivity index (χ3n) is 2.69. The molecular weight excluding hydrogens is 156 g/mol. The molecule has 0 aromatic rings. The average Bonchev–Trinajstić information content (AvgIpc) is 2.48. The molecule has 2 rings (SSSR count). The molecule has 2 heterocycles. The molecule has 2 aliphatic rings. The predicted octanol–water partition coefficient (Wildman–Crippen LogP) is -0.504. The number of nitrogens with zero attached hydrogens (tertiary/aromatic N) is 1. The first-order chi connectivity index (χ1) is 5.70. The van der Waals surface area contributed by atoms with Gasteiger partial charge < -0.3 is 10.2 Å². The van der Waals surface area contributed by atoms with Gasteiger partial charge in [-0.05, 0) is 19.8 Å². The maximum Gasteiger partial charge on any atom is 0.312 e. The van der Waals surface area contributed by atoms with Crippen LogP contribution < -0.4 is 5.32 Å². The lowest BCUT2D eigenvalue weighted by Gasteiger charge is -2.34. The largest absolute Gasteiger partial charge is 0.343 e. The van der Waals surface area contributed by atoms with Crippen molar-refractivity contribution in [2.45, 2.75) is 31.8 Å². The van der Waals surface area contributed by atoms with Crippen molar-refractivity contribution < 1.29 is 9.59 Å². The minimum atomic E-state index is -0.444. The summed E-state index contributed by atoms with van der Waals surface area (Å²) >= 11 is 0. The average molecular weight is 168 g/mol. The molecule has 12 heavy (non-hydrogen) atoms. The number of amides is 2. The van der Waals surface area contributed by atoms with Gasteiger partial charge in [0.05, 0.1) is 6.04 Å². The van der Waals surface area contributed by atoms with Crippen molar-refractivity contribution in [2.24, 2.45) is 0 Å². The van der Waals surface area contributed by atoms with Gasteiger partial charge in [-0.2, -0.15) is 0 Å². The number of hydrogen-bond donors (Lipinski definition) is 1. The first-order valence-electron chi connectivity index (χ1n) is 4.31. The van der Waals surface area contributed by atoms with Gasteiger partial charge in [0.1, 0.15) is 0 Å². The highest BCUT2D eigenvalue weighted by Crippen LogP contribution is 2.22. The standard InChI is InChI=1S/C8H12N2O2/c1-5-6-3-2-4-10(6)8(12)7(11)9-5/h5-6H,2-4H2,1H3,(H,9,11)/t5-,6-/m1/s1. The maximum atomic E-state index is 11.3. The molecule has 0 unspecified atom stereocenters. The van der Waals surface area contributed by atoms with Crippen LogP contribution in [0.15, 0.2) is 0 Å². The molecule has 0 spiro atoms. The van der Waals surface area contributed by atoms with Gasteiger partial charge in [-0.25, -0.2) is 0 Å². The van der Waals surface area contributed by atoms with E-state index in [4.69, 9.17) is 0 Å².